The van der Waals surface area contributed by atoms with Crippen LogP contribution in [-0.2, 0) is 6.42 Å². The molecule has 17 heavy (non-hydrogen) atoms. The molecule has 1 rings (SSSR count). The highest BCUT2D eigenvalue weighted by Crippen LogP contribution is 2.23. The molecular weight excluding hydrogens is 230 g/mol. The van der Waals surface area contributed by atoms with Gasteiger partial charge >= 0.3 is 0 Å². The Bertz CT molecular complexity index is 290. The molecule has 0 aliphatic carbocycles. The highest BCUT2D eigenvalue weighted by molar-refractivity contribution is 7.09. The van der Waals surface area contributed by atoms with E-state index in [0.717, 1.165) is 26.1 Å². The average molecular weight is 255 g/mol. The zero-order valence-corrected chi connectivity index (χ0v) is 12.0. The molecule has 1 heterocycles. The Hall–Kier alpha value is -0.450. The zero-order valence-electron chi connectivity index (χ0n) is 11.2. The Balaban J connectivity index is 2.15. The predicted molar refractivity (Wildman–Crippen MR) is 75.3 cm³/mol. The van der Waals surface area contributed by atoms with Crippen molar-refractivity contribution in [2.24, 2.45) is 17.1 Å². The lowest BCUT2D eigenvalue weighted by Crippen LogP contribution is -2.32. The van der Waals surface area contributed by atoms with Gasteiger partial charge in [0.2, 0.25) is 0 Å². The van der Waals surface area contributed by atoms with Crippen molar-refractivity contribution in [3.8, 4) is 0 Å². The molecule has 1 atom stereocenters. The molecule has 3 nitrogen and oxygen atoms in total. The number of hydrogen-bond donors (Lipinski definition) is 2. The Labute approximate surface area is 109 Å². The number of nitrogens with zero attached hydrogens (tertiary/aromatic N) is 1. The fourth-order valence-electron chi connectivity index (χ4n) is 1.98. The van der Waals surface area contributed by atoms with Gasteiger partial charge in [0, 0.05) is 24.5 Å². The van der Waals surface area contributed by atoms with E-state index >= 15 is 0 Å². The molecule has 0 aromatic carbocycles. The van der Waals surface area contributed by atoms with Crippen LogP contribution in [0.4, 0.5) is 0 Å². The first kappa shape index (κ1) is 14.6. The van der Waals surface area contributed by atoms with E-state index in [1.807, 2.05) is 11.6 Å². The lowest BCUT2D eigenvalue weighted by Gasteiger charge is -2.25. The van der Waals surface area contributed by atoms with Crippen LogP contribution in [-0.4, -0.2) is 24.6 Å². The lowest BCUT2D eigenvalue weighted by molar-refractivity contribution is 0.290. The number of nitrogens with two attached hydrogens (primary N) is 1. The Morgan fingerprint density at radius 2 is 2.24 bits per heavy atom. The number of thiazole rings is 1. The minimum atomic E-state index is 0.362. The summed E-state index contributed by atoms with van der Waals surface area (Å²) in [5, 5.41) is 6.72. The van der Waals surface area contributed by atoms with Gasteiger partial charge in [-0.1, -0.05) is 20.8 Å². The van der Waals surface area contributed by atoms with Gasteiger partial charge in [-0.05, 0) is 30.8 Å². The van der Waals surface area contributed by atoms with Crippen LogP contribution in [0.15, 0.2) is 11.6 Å². The third-order valence-electron chi connectivity index (χ3n) is 2.67. The third-order valence-corrected chi connectivity index (χ3v) is 3.51. The Morgan fingerprint density at radius 3 is 2.76 bits per heavy atom. The molecule has 0 spiro atoms. The van der Waals surface area contributed by atoms with Crippen LogP contribution in [0, 0.1) is 11.3 Å². The van der Waals surface area contributed by atoms with Gasteiger partial charge in [-0.3, -0.25) is 0 Å². The first-order valence-corrected chi connectivity index (χ1v) is 7.18. The van der Waals surface area contributed by atoms with Crippen molar-refractivity contribution < 1.29 is 0 Å². The van der Waals surface area contributed by atoms with Crippen LogP contribution in [0.25, 0.3) is 0 Å². The summed E-state index contributed by atoms with van der Waals surface area (Å²) < 4.78 is 0. The van der Waals surface area contributed by atoms with Crippen molar-refractivity contribution in [2.75, 3.05) is 19.6 Å². The minimum absolute atomic E-state index is 0.362. The van der Waals surface area contributed by atoms with Gasteiger partial charge < -0.3 is 11.1 Å². The zero-order chi connectivity index (χ0) is 12.7. The van der Waals surface area contributed by atoms with Gasteiger partial charge in [-0.25, -0.2) is 4.98 Å². The molecule has 4 heteroatoms. The molecule has 0 saturated heterocycles. The molecule has 0 fully saturated rings. The molecular formula is C13H25N3S. The molecule has 0 radical (unpaired) electrons. The molecule has 1 aromatic heterocycles. The van der Waals surface area contributed by atoms with Crippen molar-refractivity contribution in [1.82, 2.24) is 10.3 Å². The highest BCUT2D eigenvalue weighted by atomic mass is 32.1. The Morgan fingerprint density at radius 1 is 1.47 bits per heavy atom. The summed E-state index contributed by atoms with van der Waals surface area (Å²) in [7, 11) is 0. The van der Waals surface area contributed by atoms with Crippen molar-refractivity contribution in [3.05, 3.63) is 16.6 Å². The number of hydrogen-bond acceptors (Lipinski definition) is 4. The van der Waals surface area contributed by atoms with Crippen LogP contribution < -0.4 is 11.1 Å². The summed E-state index contributed by atoms with van der Waals surface area (Å²) in [5.41, 5.74) is 6.17. The second-order valence-electron chi connectivity index (χ2n) is 5.75. The van der Waals surface area contributed by atoms with Gasteiger partial charge in [0.1, 0.15) is 0 Å². The monoisotopic (exact) mass is 255 g/mol. The summed E-state index contributed by atoms with van der Waals surface area (Å²) in [6.07, 6.45) is 4.06. The van der Waals surface area contributed by atoms with Crippen LogP contribution in [0.3, 0.4) is 0 Å². The topological polar surface area (TPSA) is 50.9 Å². The largest absolute Gasteiger partial charge is 0.330 e. The predicted octanol–water partition coefficient (Wildman–Crippen LogP) is 2.29. The lowest BCUT2D eigenvalue weighted by atomic mass is 9.84. The van der Waals surface area contributed by atoms with Gasteiger partial charge in [0.25, 0.3) is 0 Å². The summed E-state index contributed by atoms with van der Waals surface area (Å²) >= 11 is 1.72. The van der Waals surface area contributed by atoms with Crippen LogP contribution >= 0.6 is 11.3 Å². The molecule has 1 unspecified atom stereocenters. The number of aromatic nitrogens is 1. The smallest absolute Gasteiger partial charge is 0.0937 e. The van der Waals surface area contributed by atoms with E-state index < -0.39 is 0 Å². The molecule has 0 saturated carbocycles. The standard InChI is InChI=1S/C13H25N3S/c1-13(2,3)8-11(9-14)10-15-5-4-12-16-6-7-17-12/h6-7,11,15H,4-5,8-10,14H2,1-3H3. The molecule has 3 N–H and O–H groups in total. The van der Waals surface area contributed by atoms with E-state index in [9.17, 15) is 0 Å². The van der Waals surface area contributed by atoms with Crippen molar-refractivity contribution in [2.45, 2.75) is 33.6 Å². The normalized spacial score (nSPS) is 13.9. The quantitative estimate of drug-likeness (QED) is 0.735. The maximum absolute atomic E-state index is 5.81. The van der Waals surface area contributed by atoms with Crippen LogP contribution in [0.2, 0.25) is 0 Å². The van der Waals surface area contributed by atoms with E-state index in [2.05, 4.69) is 31.1 Å². The van der Waals surface area contributed by atoms with E-state index in [-0.39, 0.29) is 0 Å². The second-order valence-corrected chi connectivity index (χ2v) is 6.73. The van der Waals surface area contributed by atoms with E-state index in [4.69, 9.17) is 5.73 Å². The van der Waals surface area contributed by atoms with E-state index in [1.165, 1.54) is 11.4 Å². The van der Waals surface area contributed by atoms with Gasteiger partial charge in [-0.15, -0.1) is 11.3 Å². The maximum Gasteiger partial charge on any atom is 0.0937 e. The average Bonchev–Trinajstić information content (AvgIpc) is 2.73. The first-order chi connectivity index (χ1) is 8.01. The molecule has 0 bridgehead atoms. The highest BCUT2D eigenvalue weighted by Gasteiger charge is 2.17. The van der Waals surface area contributed by atoms with Gasteiger partial charge in [0.15, 0.2) is 0 Å². The summed E-state index contributed by atoms with van der Waals surface area (Å²) in [5.74, 6) is 0.575. The fourth-order valence-corrected chi connectivity index (χ4v) is 2.60. The van der Waals surface area contributed by atoms with Gasteiger partial charge in [-0.2, -0.15) is 0 Å². The van der Waals surface area contributed by atoms with E-state index in [0.29, 0.717) is 11.3 Å². The minimum Gasteiger partial charge on any atom is -0.330 e. The fraction of sp³-hybridized carbons (Fsp3) is 0.769. The molecule has 98 valence electrons. The van der Waals surface area contributed by atoms with Crippen molar-refractivity contribution in [1.29, 1.82) is 0 Å². The first-order valence-electron chi connectivity index (χ1n) is 6.30. The summed E-state index contributed by atoms with van der Waals surface area (Å²) in [4.78, 5) is 4.27. The van der Waals surface area contributed by atoms with Crippen LogP contribution in [0.5, 0.6) is 0 Å². The molecule has 1 aromatic rings. The van der Waals surface area contributed by atoms with Crippen molar-refractivity contribution >= 4 is 11.3 Å². The van der Waals surface area contributed by atoms with E-state index in [1.54, 1.807) is 11.3 Å². The second kappa shape index (κ2) is 7.09. The SMILES string of the molecule is CC(C)(C)CC(CN)CNCCc1nccs1. The summed E-state index contributed by atoms with van der Waals surface area (Å²) in [6, 6.07) is 0. The molecule has 0 aliphatic heterocycles. The van der Waals surface area contributed by atoms with Gasteiger partial charge in [0.05, 0.1) is 5.01 Å². The van der Waals surface area contributed by atoms with Crippen molar-refractivity contribution in [3.63, 3.8) is 0 Å². The maximum atomic E-state index is 5.81. The Kier molecular flexibility index (Phi) is 6.09. The third kappa shape index (κ3) is 6.76. The summed E-state index contributed by atoms with van der Waals surface area (Å²) in [6.45, 7) is 9.58. The molecule has 0 aliphatic rings. The van der Waals surface area contributed by atoms with Crippen LogP contribution in [0.1, 0.15) is 32.2 Å². The molecule has 0 amide bonds. The number of nitrogens with one attached hydrogen (secondary N) is 1. The number of rotatable bonds is 7.